The van der Waals surface area contributed by atoms with Gasteiger partial charge in [-0.2, -0.15) is 5.10 Å². The molecule has 2 N–H and O–H groups in total. The zero-order chi connectivity index (χ0) is 24.9. The molecule has 0 spiro atoms. The molecule has 0 atom stereocenters. The van der Waals surface area contributed by atoms with Crippen LogP contribution in [0.3, 0.4) is 0 Å². The van der Waals surface area contributed by atoms with Crippen LogP contribution >= 0.6 is 0 Å². The Hall–Kier alpha value is -3.20. The Morgan fingerprint density at radius 2 is 1.89 bits per heavy atom. The number of nitrogens with zero attached hydrogens (tertiary/aromatic N) is 4. The highest BCUT2D eigenvalue weighted by atomic mass is 16.5. The maximum absolute atomic E-state index is 5.96. The summed E-state index contributed by atoms with van der Waals surface area (Å²) in [6, 6.07) is 8.44. The van der Waals surface area contributed by atoms with E-state index in [1.165, 1.54) is 16.5 Å². The topological polar surface area (TPSA) is 82.3 Å². The van der Waals surface area contributed by atoms with Crippen molar-refractivity contribution in [2.75, 3.05) is 60.1 Å². The second-order valence-electron chi connectivity index (χ2n) is 9.72. The molecule has 3 aromatic heterocycles. The van der Waals surface area contributed by atoms with Gasteiger partial charge in [-0.05, 0) is 74.8 Å². The molecule has 0 amide bonds. The normalized spacial score (nSPS) is 14.7. The van der Waals surface area contributed by atoms with E-state index in [1.54, 1.807) is 0 Å². The SMILES string of the molecule is Cc1c(-c2cn[nH]c2)cnc2[nH]c(-c3ccc(OCCCN(C)C)cc3)c(CCN3CCOCC3)c12. The molecule has 0 radical (unpaired) electrons. The molecule has 8 heteroatoms. The molecule has 190 valence electrons. The van der Waals surface area contributed by atoms with Crippen LogP contribution < -0.4 is 4.74 Å². The Morgan fingerprint density at radius 1 is 1.08 bits per heavy atom. The number of H-pyrrole nitrogens is 2. The number of aryl methyl sites for hydroxylation is 1. The smallest absolute Gasteiger partial charge is 0.138 e. The highest BCUT2D eigenvalue weighted by molar-refractivity contribution is 5.94. The standard InChI is InChI=1S/C28H36N6O2/c1-20-25(22-17-30-31-18-22)19-29-28-26(20)24(9-11-34-12-15-35-16-13-34)27(32-28)21-5-7-23(8-6-21)36-14-4-10-33(2)3/h5-8,17-19H,4,9-16H2,1-3H3,(H,29,32)(H,30,31). The predicted molar refractivity (Wildman–Crippen MR) is 143 cm³/mol. The van der Waals surface area contributed by atoms with Gasteiger partial charge in [-0.1, -0.05) is 0 Å². The third-order valence-electron chi connectivity index (χ3n) is 6.94. The van der Waals surface area contributed by atoms with E-state index in [0.717, 1.165) is 86.0 Å². The van der Waals surface area contributed by atoms with Gasteiger partial charge in [0.15, 0.2) is 0 Å². The molecule has 4 heterocycles. The van der Waals surface area contributed by atoms with Crippen molar-refractivity contribution in [3.8, 4) is 28.1 Å². The summed E-state index contributed by atoms with van der Waals surface area (Å²) in [4.78, 5) is 13.1. The van der Waals surface area contributed by atoms with Crippen LogP contribution in [0.5, 0.6) is 5.75 Å². The molecule has 0 bridgehead atoms. The fourth-order valence-electron chi connectivity index (χ4n) is 4.95. The number of benzene rings is 1. The third-order valence-corrected chi connectivity index (χ3v) is 6.94. The van der Waals surface area contributed by atoms with Crippen LogP contribution in [0.25, 0.3) is 33.4 Å². The minimum atomic E-state index is 0.717. The molecule has 5 rings (SSSR count). The molecule has 8 nitrogen and oxygen atoms in total. The largest absolute Gasteiger partial charge is 0.494 e. The van der Waals surface area contributed by atoms with Gasteiger partial charge in [-0.3, -0.25) is 10.00 Å². The Morgan fingerprint density at radius 3 is 2.61 bits per heavy atom. The summed E-state index contributed by atoms with van der Waals surface area (Å²) in [6.07, 6.45) is 7.67. The van der Waals surface area contributed by atoms with Crippen LogP contribution in [-0.2, 0) is 11.2 Å². The molecule has 36 heavy (non-hydrogen) atoms. The quantitative estimate of drug-likeness (QED) is 0.327. The zero-order valence-corrected chi connectivity index (χ0v) is 21.5. The summed E-state index contributed by atoms with van der Waals surface area (Å²) < 4.78 is 11.5. The Balaban J connectivity index is 1.46. The van der Waals surface area contributed by atoms with Gasteiger partial charge in [-0.15, -0.1) is 0 Å². The number of hydrogen-bond donors (Lipinski definition) is 2. The van der Waals surface area contributed by atoms with E-state index in [2.05, 4.69) is 70.3 Å². The molecule has 0 unspecified atom stereocenters. The lowest BCUT2D eigenvalue weighted by molar-refractivity contribution is 0.0385. The Labute approximate surface area is 212 Å². The van der Waals surface area contributed by atoms with Crippen LogP contribution in [-0.4, -0.2) is 90.1 Å². The number of hydrogen-bond acceptors (Lipinski definition) is 6. The van der Waals surface area contributed by atoms with Gasteiger partial charge in [0.25, 0.3) is 0 Å². The lowest BCUT2D eigenvalue weighted by Crippen LogP contribution is -2.37. The second-order valence-corrected chi connectivity index (χ2v) is 9.72. The summed E-state index contributed by atoms with van der Waals surface area (Å²) in [5, 5.41) is 8.28. The van der Waals surface area contributed by atoms with Gasteiger partial charge in [-0.25, -0.2) is 4.98 Å². The van der Waals surface area contributed by atoms with Gasteiger partial charge in [0.1, 0.15) is 11.4 Å². The first kappa shape index (κ1) is 24.5. The molecule has 0 aliphatic carbocycles. The van der Waals surface area contributed by atoms with Crippen molar-refractivity contribution in [1.29, 1.82) is 0 Å². The first-order valence-electron chi connectivity index (χ1n) is 12.8. The van der Waals surface area contributed by atoms with Crippen LogP contribution in [0, 0.1) is 6.92 Å². The third kappa shape index (κ3) is 5.46. The zero-order valence-electron chi connectivity index (χ0n) is 21.5. The van der Waals surface area contributed by atoms with Crippen molar-refractivity contribution >= 4 is 11.0 Å². The van der Waals surface area contributed by atoms with Crippen LogP contribution in [0.4, 0.5) is 0 Å². The second kappa shape index (κ2) is 11.2. The van der Waals surface area contributed by atoms with Crippen LogP contribution in [0.1, 0.15) is 17.5 Å². The van der Waals surface area contributed by atoms with E-state index in [-0.39, 0.29) is 0 Å². The maximum atomic E-state index is 5.96. The van der Waals surface area contributed by atoms with Crippen molar-refractivity contribution in [3.63, 3.8) is 0 Å². The lowest BCUT2D eigenvalue weighted by atomic mass is 9.97. The van der Waals surface area contributed by atoms with Gasteiger partial charge in [0.2, 0.25) is 0 Å². The number of pyridine rings is 1. The van der Waals surface area contributed by atoms with E-state index in [4.69, 9.17) is 14.5 Å². The lowest BCUT2D eigenvalue weighted by Gasteiger charge is -2.26. The van der Waals surface area contributed by atoms with E-state index < -0.39 is 0 Å². The van der Waals surface area contributed by atoms with Crippen LogP contribution in [0.2, 0.25) is 0 Å². The molecular weight excluding hydrogens is 452 g/mol. The monoisotopic (exact) mass is 488 g/mol. The summed E-state index contributed by atoms with van der Waals surface area (Å²) in [6.45, 7) is 8.49. The van der Waals surface area contributed by atoms with E-state index in [1.807, 2.05) is 18.6 Å². The van der Waals surface area contributed by atoms with E-state index >= 15 is 0 Å². The number of aromatic nitrogens is 4. The maximum Gasteiger partial charge on any atom is 0.138 e. The van der Waals surface area contributed by atoms with Crippen LogP contribution in [0.15, 0.2) is 42.9 Å². The molecule has 1 saturated heterocycles. The summed E-state index contributed by atoms with van der Waals surface area (Å²) in [5.41, 5.74) is 7.91. The van der Waals surface area contributed by atoms with Gasteiger partial charge < -0.3 is 19.4 Å². The van der Waals surface area contributed by atoms with Gasteiger partial charge in [0.05, 0.1) is 31.7 Å². The molecule has 1 aliphatic heterocycles. The summed E-state index contributed by atoms with van der Waals surface area (Å²) in [7, 11) is 4.17. The van der Waals surface area contributed by atoms with Crippen molar-refractivity contribution in [1.82, 2.24) is 30.0 Å². The highest BCUT2D eigenvalue weighted by Gasteiger charge is 2.20. The van der Waals surface area contributed by atoms with Gasteiger partial charge >= 0.3 is 0 Å². The molecule has 0 saturated carbocycles. The highest BCUT2D eigenvalue weighted by Crippen LogP contribution is 2.36. The van der Waals surface area contributed by atoms with Gasteiger partial charge in [0, 0.05) is 55.1 Å². The number of morpholine rings is 1. The fourth-order valence-corrected chi connectivity index (χ4v) is 4.95. The Bertz CT molecular complexity index is 1260. The molecular formula is C28H36N6O2. The number of fused-ring (bicyclic) bond motifs is 1. The average molecular weight is 489 g/mol. The predicted octanol–water partition coefficient (Wildman–Crippen LogP) is 4.13. The van der Waals surface area contributed by atoms with Crippen molar-refractivity contribution in [2.24, 2.45) is 0 Å². The molecule has 1 aromatic carbocycles. The number of ether oxygens (including phenoxy) is 2. The minimum absolute atomic E-state index is 0.717. The summed E-state index contributed by atoms with van der Waals surface area (Å²) in [5.74, 6) is 0.903. The van der Waals surface area contributed by atoms with Crippen molar-refractivity contribution in [3.05, 3.63) is 54.0 Å². The first-order chi connectivity index (χ1) is 17.6. The molecule has 1 fully saturated rings. The Kier molecular flexibility index (Phi) is 7.65. The fraction of sp³-hybridized carbons (Fsp3) is 0.429. The van der Waals surface area contributed by atoms with E-state index in [9.17, 15) is 0 Å². The van der Waals surface area contributed by atoms with E-state index in [0.29, 0.717) is 6.61 Å². The molecule has 1 aliphatic rings. The molecule has 4 aromatic rings. The summed E-state index contributed by atoms with van der Waals surface area (Å²) >= 11 is 0. The van der Waals surface area contributed by atoms with Crippen molar-refractivity contribution < 1.29 is 9.47 Å². The van der Waals surface area contributed by atoms with Crippen molar-refractivity contribution in [2.45, 2.75) is 19.8 Å². The number of rotatable bonds is 10. The average Bonchev–Trinajstić information content (AvgIpc) is 3.55. The first-order valence-corrected chi connectivity index (χ1v) is 12.8. The number of nitrogens with one attached hydrogen (secondary N) is 2. The number of aromatic amines is 2. The minimum Gasteiger partial charge on any atom is -0.494 e.